The minimum Gasteiger partial charge on any atom is -0.480 e. The maximum Gasteiger partial charge on any atom is 0.326 e. The first-order valence-corrected chi connectivity index (χ1v) is 9.63. The van der Waals surface area contributed by atoms with Crippen LogP contribution in [0.1, 0.15) is 48.0 Å². The molecule has 2 aliphatic heterocycles. The number of carbonyl (C=O) groups excluding carboxylic acids is 2. The topological polar surface area (TPSA) is 90.8 Å². The van der Waals surface area contributed by atoms with E-state index in [1.165, 1.54) is 11.1 Å². The summed E-state index contributed by atoms with van der Waals surface area (Å²) < 4.78 is 0. The van der Waals surface area contributed by atoms with Gasteiger partial charge >= 0.3 is 5.97 Å². The van der Waals surface area contributed by atoms with E-state index in [1.54, 1.807) is 12.3 Å². The molecule has 1 atom stereocenters. The van der Waals surface area contributed by atoms with E-state index in [9.17, 15) is 19.5 Å². The highest BCUT2D eigenvalue weighted by Crippen LogP contribution is 2.45. The van der Waals surface area contributed by atoms with Crippen molar-refractivity contribution >= 4 is 17.8 Å². The molecule has 4 rings (SSSR count). The fraction of sp³-hybridized carbons (Fsp3) is 0.600. The molecule has 3 heterocycles. The van der Waals surface area contributed by atoms with Crippen molar-refractivity contribution in [2.75, 3.05) is 19.6 Å². The molecule has 27 heavy (non-hydrogen) atoms. The summed E-state index contributed by atoms with van der Waals surface area (Å²) in [7, 11) is 0. The van der Waals surface area contributed by atoms with Crippen LogP contribution in [0, 0.1) is 18.3 Å². The minimum absolute atomic E-state index is 0.210. The number of aromatic nitrogens is 1. The van der Waals surface area contributed by atoms with Crippen LogP contribution in [-0.2, 0) is 9.59 Å². The Balaban J connectivity index is 1.49. The van der Waals surface area contributed by atoms with E-state index in [4.69, 9.17) is 0 Å². The number of piperidine rings is 1. The number of rotatable bonds is 3. The molecule has 1 aromatic rings. The standard InChI is InChI=1S/C20H25N3O4/c1-13-8-15(11-21-10-13)18(25)23-12-20(9-16(23)19(26)27)4-6-22(7-5-20)17(24)14-2-3-14/h8,10-11,14,16H,2-7,9,12H2,1H3,(H,26,27)/t16-/m0/s1. The van der Waals surface area contributed by atoms with E-state index < -0.39 is 12.0 Å². The van der Waals surface area contributed by atoms with Gasteiger partial charge in [-0.15, -0.1) is 0 Å². The van der Waals surface area contributed by atoms with Gasteiger partial charge in [0.25, 0.3) is 5.91 Å². The quantitative estimate of drug-likeness (QED) is 0.873. The van der Waals surface area contributed by atoms with Gasteiger partial charge in [0.1, 0.15) is 6.04 Å². The molecule has 0 aromatic carbocycles. The van der Waals surface area contributed by atoms with Crippen LogP contribution in [-0.4, -0.2) is 63.4 Å². The molecule has 0 bridgehead atoms. The van der Waals surface area contributed by atoms with Gasteiger partial charge in [-0.1, -0.05) is 0 Å². The van der Waals surface area contributed by atoms with Crippen LogP contribution in [0.5, 0.6) is 0 Å². The molecule has 1 aromatic heterocycles. The Morgan fingerprint density at radius 3 is 2.48 bits per heavy atom. The number of aryl methyl sites for hydroxylation is 1. The first-order chi connectivity index (χ1) is 12.9. The van der Waals surface area contributed by atoms with E-state index in [0.717, 1.165) is 31.2 Å². The first kappa shape index (κ1) is 17.9. The van der Waals surface area contributed by atoms with Gasteiger partial charge < -0.3 is 14.9 Å². The number of aliphatic carboxylic acids is 1. The van der Waals surface area contributed by atoms with Gasteiger partial charge in [-0.25, -0.2) is 4.79 Å². The number of likely N-dealkylation sites (tertiary alicyclic amines) is 2. The van der Waals surface area contributed by atoms with Crippen molar-refractivity contribution in [3.63, 3.8) is 0 Å². The molecule has 3 aliphatic rings. The average molecular weight is 371 g/mol. The van der Waals surface area contributed by atoms with E-state index in [1.807, 2.05) is 11.8 Å². The highest BCUT2D eigenvalue weighted by Gasteiger charge is 2.50. The molecule has 0 radical (unpaired) electrons. The summed E-state index contributed by atoms with van der Waals surface area (Å²) in [5.74, 6) is -0.776. The number of carbonyl (C=O) groups is 3. The Morgan fingerprint density at radius 1 is 1.19 bits per heavy atom. The highest BCUT2D eigenvalue weighted by molar-refractivity contribution is 5.97. The van der Waals surface area contributed by atoms with Crippen molar-refractivity contribution in [1.82, 2.24) is 14.8 Å². The van der Waals surface area contributed by atoms with E-state index in [2.05, 4.69) is 4.98 Å². The third-order valence-corrected chi connectivity index (χ3v) is 6.24. The third kappa shape index (κ3) is 3.42. The predicted molar refractivity (Wildman–Crippen MR) is 97.0 cm³/mol. The molecule has 7 nitrogen and oxygen atoms in total. The number of pyridine rings is 1. The van der Waals surface area contributed by atoms with Gasteiger partial charge in [0.15, 0.2) is 0 Å². The molecule has 144 valence electrons. The molecular formula is C20H25N3O4. The average Bonchev–Trinajstić information content (AvgIpc) is 3.44. The summed E-state index contributed by atoms with van der Waals surface area (Å²) in [4.78, 5) is 44.6. The maximum absolute atomic E-state index is 13.0. The fourth-order valence-corrected chi connectivity index (χ4v) is 4.48. The van der Waals surface area contributed by atoms with Gasteiger partial charge in [0.05, 0.1) is 5.56 Å². The van der Waals surface area contributed by atoms with Crippen molar-refractivity contribution in [1.29, 1.82) is 0 Å². The van der Waals surface area contributed by atoms with Crippen LogP contribution >= 0.6 is 0 Å². The summed E-state index contributed by atoms with van der Waals surface area (Å²) in [6, 6.07) is 0.930. The summed E-state index contributed by atoms with van der Waals surface area (Å²) in [5.41, 5.74) is 1.09. The Kier molecular flexibility index (Phi) is 4.40. The number of carboxylic acids is 1. The van der Waals surface area contributed by atoms with Crippen LogP contribution in [0.15, 0.2) is 18.5 Å². The van der Waals surface area contributed by atoms with Crippen LogP contribution in [0.25, 0.3) is 0 Å². The molecule has 3 fully saturated rings. The van der Waals surface area contributed by atoms with E-state index in [-0.39, 0.29) is 23.1 Å². The highest BCUT2D eigenvalue weighted by atomic mass is 16.4. The van der Waals surface area contributed by atoms with Crippen molar-refractivity contribution < 1.29 is 19.5 Å². The lowest BCUT2D eigenvalue weighted by Gasteiger charge is -2.39. The molecule has 1 N–H and O–H groups in total. The second-order valence-electron chi connectivity index (χ2n) is 8.34. The monoisotopic (exact) mass is 371 g/mol. The van der Waals surface area contributed by atoms with Crippen LogP contribution < -0.4 is 0 Å². The van der Waals surface area contributed by atoms with Crippen LogP contribution in [0.2, 0.25) is 0 Å². The Morgan fingerprint density at radius 2 is 1.89 bits per heavy atom. The van der Waals surface area contributed by atoms with Crippen molar-refractivity contribution in [3.8, 4) is 0 Å². The molecule has 2 saturated heterocycles. The van der Waals surface area contributed by atoms with E-state index >= 15 is 0 Å². The molecule has 0 unspecified atom stereocenters. The summed E-state index contributed by atoms with van der Waals surface area (Å²) >= 11 is 0. The second kappa shape index (κ2) is 6.62. The smallest absolute Gasteiger partial charge is 0.326 e. The summed E-state index contributed by atoms with van der Waals surface area (Å²) in [6.07, 6.45) is 7.12. The molecule has 2 amide bonds. The zero-order valence-electron chi connectivity index (χ0n) is 15.6. The second-order valence-corrected chi connectivity index (χ2v) is 8.34. The Labute approximate surface area is 158 Å². The molecule has 1 spiro atoms. The van der Waals surface area contributed by atoms with Crippen molar-refractivity contribution in [2.24, 2.45) is 11.3 Å². The number of hydrogen-bond donors (Lipinski definition) is 1. The van der Waals surface area contributed by atoms with Gasteiger partial charge in [-0.05, 0) is 56.1 Å². The minimum atomic E-state index is -0.961. The summed E-state index contributed by atoms with van der Waals surface area (Å²) in [6.45, 7) is 3.62. The number of carboxylic acid groups (broad SMARTS) is 1. The lowest BCUT2D eigenvalue weighted by Crippen LogP contribution is -2.45. The molecule has 1 aliphatic carbocycles. The largest absolute Gasteiger partial charge is 0.480 e. The zero-order chi connectivity index (χ0) is 19.2. The number of amides is 2. The predicted octanol–water partition coefficient (Wildman–Crippen LogP) is 1.71. The lowest BCUT2D eigenvalue weighted by molar-refractivity contribution is -0.141. The summed E-state index contributed by atoms with van der Waals surface area (Å²) in [5, 5.41) is 9.70. The van der Waals surface area contributed by atoms with Gasteiger partial charge in [-0.3, -0.25) is 14.6 Å². The van der Waals surface area contributed by atoms with Gasteiger partial charge in [-0.2, -0.15) is 0 Å². The first-order valence-electron chi connectivity index (χ1n) is 9.63. The normalized spacial score (nSPS) is 24.3. The molecular weight excluding hydrogens is 346 g/mol. The van der Waals surface area contributed by atoms with E-state index in [0.29, 0.717) is 31.6 Å². The fourth-order valence-electron chi connectivity index (χ4n) is 4.48. The van der Waals surface area contributed by atoms with Gasteiger partial charge in [0, 0.05) is 37.9 Å². The molecule has 7 heteroatoms. The zero-order valence-corrected chi connectivity index (χ0v) is 15.6. The Bertz CT molecular complexity index is 781. The van der Waals surface area contributed by atoms with Crippen molar-refractivity contribution in [2.45, 2.75) is 45.1 Å². The lowest BCUT2D eigenvalue weighted by atomic mass is 9.76. The molecule has 1 saturated carbocycles. The third-order valence-electron chi connectivity index (χ3n) is 6.24. The maximum atomic E-state index is 13.0. The number of nitrogens with zero attached hydrogens (tertiary/aromatic N) is 3. The van der Waals surface area contributed by atoms with Gasteiger partial charge in [0.2, 0.25) is 5.91 Å². The van der Waals surface area contributed by atoms with Crippen LogP contribution in [0.3, 0.4) is 0 Å². The number of hydrogen-bond acceptors (Lipinski definition) is 4. The van der Waals surface area contributed by atoms with Crippen LogP contribution in [0.4, 0.5) is 0 Å². The van der Waals surface area contributed by atoms with Crippen molar-refractivity contribution in [3.05, 3.63) is 29.6 Å². The Hall–Kier alpha value is -2.44. The SMILES string of the molecule is Cc1cncc(C(=O)N2CC3(CCN(C(=O)C4CC4)CC3)C[C@H]2C(=O)O)c1.